The highest BCUT2D eigenvalue weighted by Gasteiger charge is 2.26. The second-order valence-electron chi connectivity index (χ2n) is 6.03. The van der Waals surface area contributed by atoms with Crippen molar-refractivity contribution >= 4 is 22.8 Å². The topological polar surface area (TPSA) is 92.4 Å². The number of amides is 1. The van der Waals surface area contributed by atoms with Gasteiger partial charge in [-0.15, -0.1) is 0 Å². The van der Waals surface area contributed by atoms with Gasteiger partial charge in [0.15, 0.2) is 5.58 Å². The Hall–Kier alpha value is -2.37. The summed E-state index contributed by atoms with van der Waals surface area (Å²) < 4.78 is 5.29. The third-order valence-electron chi connectivity index (χ3n) is 4.11. The first kappa shape index (κ1) is 17.0. The summed E-state index contributed by atoms with van der Waals surface area (Å²) in [5.74, 6) is -1.53. The van der Waals surface area contributed by atoms with Gasteiger partial charge in [0, 0.05) is 5.39 Å². The molecule has 1 aromatic carbocycles. The van der Waals surface area contributed by atoms with Crippen LogP contribution < -0.4 is 5.32 Å². The van der Waals surface area contributed by atoms with Crippen molar-refractivity contribution < 1.29 is 19.2 Å². The molecule has 2 unspecified atom stereocenters. The molecule has 6 heteroatoms. The molecule has 0 spiro atoms. The molecule has 0 aliphatic heterocycles. The molecule has 0 saturated heterocycles. The molecule has 0 aliphatic rings. The number of aliphatic carboxylic acids is 1. The van der Waals surface area contributed by atoms with Crippen LogP contribution in [0.15, 0.2) is 16.7 Å². The first-order valence-electron chi connectivity index (χ1n) is 7.71. The number of benzene rings is 1. The van der Waals surface area contributed by atoms with Crippen LogP contribution in [0.25, 0.3) is 11.0 Å². The number of hydrogen-bond donors (Lipinski definition) is 2. The first-order valence-corrected chi connectivity index (χ1v) is 7.71. The summed E-state index contributed by atoms with van der Waals surface area (Å²) in [5.41, 5.74) is 3.22. The van der Waals surface area contributed by atoms with Crippen molar-refractivity contribution in [2.24, 2.45) is 5.92 Å². The number of aromatic nitrogens is 1. The molecule has 6 nitrogen and oxygen atoms in total. The summed E-state index contributed by atoms with van der Waals surface area (Å²) in [6.45, 7) is 7.60. The third-order valence-corrected chi connectivity index (χ3v) is 4.11. The van der Waals surface area contributed by atoms with Crippen LogP contribution in [0.1, 0.15) is 37.1 Å². The second kappa shape index (κ2) is 6.81. The van der Waals surface area contributed by atoms with Gasteiger partial charge < -0.3 is 14.9 Å². The van der Waals surface area contributed by atoms with Gasteiger partial charge in [0.25, 0.3) is 0 Å². The molecule has 0 aliphatic carbocycles. The quantitative estimate of drug-likeness (QED) is 0.854. The minimum Gasteiger partial charge on any atom is -0.480 e. The molecule has 0 saturated carbocycles. The summed E-state index contributed by atoms with van der Waals surface area (Å²) in [7, 11) is 0. The summed E-state index contributed by atoms with van der Waals surface area (Å²) >= 11 is 0. The van der Waals surface area contributed by atoms with E-state index < -0.39 is 12.0 Å². The zero-order chi connectivity index (χ0) is 17.1. The molecule has 1 aromatic heterocycles. The Morgan fingerprint density at radius 1 is 1.35 bits per heavy atom. The van der Waals surface area contributed by atoms with Crippen molar-refractivity contribution in [2.45, 2.75) is 46.6 Å². The van der Waals surface area contributed by atoms with E-state index in [4.69, 9.17) is 4.52 Å². The molecule has 0 fully saturated rings. The number of carboxylic acids is 1. The van der Waals surface area contributed by atoms with E-state index in [2.05, 4.69) is 10.5 Å². The highest BCUT2D eigenvalue weighted by molar-refractivity contribution is 5.90. The van der Waals surface area contributed by atoms with Crippen LogP contribution in [0.5, 0.6) is 0 Å². The van der Waals surface area contributed by atoms with Crippen molar-refractivity contribution in [3.05, 3.63) is 29.0 Å². The summed E-state index contributed by atoms with van der Waals surface area (Å²) in [6.07, 6.45) is 0.666. The minimum atomic E-state index is -1.02. The normalized spacial score (nSPS) is 13.7. The summed E-state index contributed by atoms with van der Waals surface area (Å²) in [4.78, 5) is 23.5. The predicted molar refractivity (Wildman–Crippen MR) is 86.2 cm³/mol. The maximum Gasteiger partial charge on any atom is 0.326 e. The fourth-order valence-electron chi connectivity index (χ4n) is 2.70. The third kappa shape index (κ3) is 3.70. The van der Waals surface area contributed by atoms with Crippen LogP contribution in [-0.2, 0) is 16.0 Å². The number of carbonyl (C=O) groups is 2. The smallest absolute Gasteiger partial charge is 0.326 e. The Labute approximate surface area is 134 Å². The summed E-state index contributed by atoms with van der Waals surface area (Å²) in [5, 5.41) is 16.6. The van der Waals surface area contributed by atoms with Crippen LogP contribution in [0, 0.1) is 19.8 Å². The molecule has 0 radical (unpaired) electrons. The highest BCUT2D eigenvalue weighted by Crippen LogP contribution is 2.24. The molecule has 2 N–H and O–H groups in total. The molecule has 1 heterocycles. The first-order chi connectivity index (χ1) is 10.8. The van der Waals surface area contributed by atoms with Crippen molar-refractivity contribution in [1.82, 2.24) is 10.5 Å². The Morgan fingerprint density at radius 2 is 2.04 bits per heavy atom. The van der Waals surface area contributed by atoms with Crippen molar-refractivity contribution in [3.63, 3.8) is 0 Å². The van der Waals surface area contributed by atoms with E-state index in [0.717, 1.165) is 16.5 Å². The van der Waals surface area contributed by atoms with Gasteiger partial charge in [-0.3, -0.25) is 4.79 Å². The Balaban J connectivity index is 2.19. The van der Waals surface area contributed by atoms with E-state index in [1.165, 1.54) is 0 Å². The van der Waals surface area contributed by atoms with Crippen LogP contribution in [-0.4, -0.2) is 28.2 Å². The minimum absolute atomic E-state index is 0.00286. The lowest BCUT2D eigenvalue weighted by atomic mass is 9.99. The molecule has 1 amide bonds. The van der Waals surface area contributed by atoms with Gasteiger partial charge in [0.1, 0.15) is 11.7 Å². The molecule has 2 aromatic rings. The molecular weight excluding hydrogens is 296 g/mol. The number of carbonyl (C=O) groups excluding carboxylic acids is 1. The van der Waals surface area contributed by atoms with Gasteiger partial charge in [0.05, 0.1) is 6.42 Å². The molecule has 124 valence electrons. The number of nitrogens with zero attached hydrogens (tertiary/aromatic N) is 1. The van der Waals surface area contributed by atoms with Crippen LogP contribution in [0.2, 0.25) is 0 Å². The van der Waals surface area contributed by atoms with E-state index in [0.29, 0.717) is 17.7 Å². The average Bonchev–Trinajstić information content (AvgIpc) is 2.86. The second-order valence-corrected chi connectivity index (χ2v) is 6.03. The fourth-order valence-corrected chi connectivity index (χ4v) is 2.70. The lowest BCUT2D eigenvalue weighted by Crippen LogP contribution is -2.45. The van der Waals surface area contributed by atoms with Gasteiger partial charge in [-0.2, -0.15) is 0 Å². The zero-order valence-electron chi connectivity index (χ0n) is 13.8. The number of nitrogens with one attached hydrogen (secondary N) is 1. The Kier molecular flexibility index (Phi) is 5.03. The molecule has 2 rings (SSSR count). The van der Waals surface area contributed by atoms with Crippen molar-refractivity contribution in [1.29, 1.82) is 0 Å². The van der Waals surface area contributed by atoms with Crippen molar-refractivity contribution in [3.8, 4) is 0 Å². The lowest BCUT2D eigenvalue weighted by Gasteiger charge is -2.19. The standard InChI is InChI=1S/C17H22N2O4/c1-5-10(3)16(17(21)22)18-14(20)8-12-15-11(4)6-9(2)7-13(15)23-19-12/h6-7,10,16H,5,8H2,1-4H3,(H,18,20)(H,21,22). The number of rotatable bonds is 6. The van der Waals surface area contributed by atoms with Gasteiger partial charge in [0.2, 0.25) is 5.91 Å². The van der Waals surface area contributed by atoms with Crippen molar-refractivity contribution in [2.75, 3.05) is 0 Å². The molecule has 0 bridgehead atoms. The maximum absolute atomic E-state index is 12.2. The monoisotopic (exact) mass is 318 g/mol. The van der Waals surface area contributed by atoms with Gasteiger partial charge in [-0.1, -0.05) is 31.5 Å². The molecular formula is C17H22N2O4. The number of hydrogen-bond acceptors (Lipinski definition) is 4. The Morgan fingerprint density at radius 3 is 2.65 bits per heavy atom. The average molecular weight is 318 g/mol. The van der Waals surface area contributed by atoms with E-state index in [9.17, 15) is 14.7 Å². The zero-order valence-corrected chi connectivity index (χ0v) is 13.8. The largest absolute Gasteiger partial charge is 0.480 e. The predicted octanol–water partition coefficient (Wildman–Crippen LogP) is 2.60. The molecule has 23 heavy (non-hydrogen) atoms. The van der Waals surface area contributed by atoms with E-state index in [1.54, 1.807) is 6.92 Å². The number of fused-ring (bicyclic) bond motifs is 1. The van der Waals surface area contributed by atoms with Crippen LogP contribution in [0.3, 0.4) is 0 Å². The fraction of sp³-hybridized carbons (Fsp3) is 0.471. The van der Waals surface area contributed by atoms with Gasteiger partial charge in [-0.25, -0.2) is 4.79 Å². The highest BCUT2D eigenvalue weighted by atomic mass is 16.5. The molecule has 2 atom stereocenters. The van der Waals surface area contributed by atoms with Crippen LogP contribution >= 0.6 is 0 Å². The van der Waals surface area contributed by atoms with Gasteiger partial charge >= 0.3 is 5.97 Å². The van der Waals surface area contributed by atoms with E-state index in [1.807, 2.05) is 32.9 Å². The Bertz CT molecular complexity index is 736. The number of carboxylic acid groups (broad SMARTS) is 1. The lowest BCUT2D eigenvalue weighted by molar-refractivity contribution is -0.143. The maximum atomic E-state index is 12.2. The van der Waals surface area contributed by atoms with Gasteiger partial charge in [-0.05, 0) is 37.0 Å². The number of aryl methyl sites for hydroxylation is 2. The summed E-state index contributed by atoms with van der Waals surface area (Å²) in [6, 6.07) is 2.98. The van der Waals surface area contributed by atoms with E-state index >= 15 is 0 Å². The SMILES string of the molecule is CCC(C)C(NC(=O)Cc1noc2cc(C)cc(C)c12)C(=O)O. The van der Waals surface area contributed by atoms with Crippen LogP contribution in [0.4, 0.5) is 0 Å². The van der Waals surface area contributed by atoms with E-state index in [-0.39, 0.29) is 18.2 Å².